The van der Waals surface area contributed by atoms with Gasteiger partial charge in [-0.3, -0.25) is 4.79 Å². The summed E-state index contributed by atoms with van der Waals surface area (Å²) >= 11 is 0. The molecule has 0 saturated carbocycles. The van der Waals surface area contributed by atoms with Crippen molar-refractivity contribution in [3.05, 3.63) is 5.82 Å². The minimum absolute atomic E-state index is 0.0128. The number of aliphatic hydroxyl groups excluding tert-OH is 1. The lowest BCUT2D eigenvalue weighted by Crippen LogP contribution is -2.41. The first-order valence-electron chi connectivity index (χ1n) is 4.55. The number of aromatic amines is 1. The zero-order chi connectivity index (χ0) is 11.7. The van der Waals surface area contributed by atoms with Crippen LogP contribution >= 0.6 is 0 Å². The van der Waals surface area contributed by atoms with Crippen molar-refractivity contribution in [3.8, 4) is 0 Å². The molecule has 1 aromatic heterocycles. The number of tetrazole rings is 1. The second-order valence-corrected chi connectivity index (χ2v) is 3.44. The molecule has 0 aliphatic carbocycles. The molecule has 1 amide bonds. The third-order valence-corrected chi connectivity index (χ3v) is 2.36. The Labute approximate surface area is 89.1 Å². The quantitative estimate of drug-likeness (QED) is 0.525. The Morgan fingerprint density at radius 3 is 2.81 bits per heavy atom. The number of carboxylic acids is 1. The Kier molecular flexibility index (Phi) is 2.52. The van der Waals surface area contributed by atoms with E-state index in [1.807, 2.05) is 0 Å². The van der Waals surface area contributed by atoms with Gasteiger partial charge in [-0.1, -0.05) is 0 Å². The number of H-pyrrole nitrogens is 1. The summed E-state index contributed by atoms with van der Waals surface area (Å²) < 4.78 is 0. The van der Waals surface area contributed by atoms with Crippen molar-refractivity contribution in [3.63, 3.8) is 0 Å². The second-order valence-electron chi connectivity index (χ2n) is 3.44. The van der Waals surface area contributed by atoms with E-state index in [0.29, 0.717) is 0 Å². The summed E-state index contributed by atoms with van der Waals surface area (Å²) in [7, 11) is 0. The zero-order valence-corrected chi connectivity index (χ0v) is 8.07. The molecule has 3 N–H and O–H groups in total. The van der Waals surface area contributed by atoms with Crippen LogP contribution < -0.4 is 0 Å². The third-order valence-electron chi connectivity index (χ3n) is 2.36. The molecule has 86 valence electrons. The van der Waals surface area contributed by atoms with Crippen molar-refractivity contribution in [2.45, 2.75) is 18.6 Å². The van der Waals surface area contributed by atoms with Crippen LogP contribution in [0.3, 0.4) is 0 Å². The van der Waals surface area contributed by atoms with Crippen LogP contribution in [0.2, 0.25) is 0 Å². The number of amides is 1. The third kappa shape index (κ3) is 1.72. The molecule has 0 unspecified atom stereocenters. The van der Waals surface area contributed by atoms with Crippen LogP contribution in [0.5, 0.6) is 0 Å². The van der Waals surface area contributed by atoms with Gasteiger partial charge in [-0.25, -0.2) is 4.79 Å². The number of carboxylic acid groups (broad SMARTS) is 1. The number of aliphatic hydroxyl groups is 1. The highest BCUT2D eigenvalue weighted by Crippen LogP contribution is 2.19. The summed E-state index contributed by atoms with van der Waals surface area (Å²) in [6.45, 7) is -0.0374. The van der Waals surface area contributed by atoms with Gasteiger partial charge in [-0.05, 0) is 5.21 Å². The molecule has 16 heavy (non-hydrogen) atoms. The molecule has 9 heteroatoms. The van der Waals surface area contributed by atoms with Crippen molar-refractivity contribution in [1.82, 2.24) is 25.5 Å². The highest BCUT2D eigenvalue weighted by molar-refractivity contribution is 5.93. The molecule has 2 atom stereocenters. The van der Waals surface area contributed by atoms with E-state index in [2.05, 4.69) is 20.6 Å². The van der Waals surface area contributed by atoms with E-state index < -0.39 is 24.0 Å². The largest absolute Gasteiger partial charge is 0.480 e. The first kappa shape index (κ1) is 10.5. The molecule has 1 aromatic rings. The van der Waals surface area contributed by atoms with Crippen LogP contribution in [0.15, 0.2) is 0 Å². The Morgan fingerprint density at radius 1 is 1.50 bits per heavy atom. The van der Waals surface area contributed by atoms with E-state index in [4.69, 9.17) is 5.11 Å². The van der Waals surface area contributed by atoms with E-state index in [1.165, 1.54) is 0 Å². The number of rotatable bonds is 2. The number of likely N-dealkylation sites (tertiary alicyclic amines) is 1. The van der Waals surface area contributed by atoms with Gasteiger partial charge in [0.05, 0.1) is 6.10 Å². The number of hydrogen-bond acceptors (Lipinski definition) is 6. The monoisotopic (exact) mass is 227 g/mol. The molecular weight excluding hydrogens is 218 g/mol. The van der Waals surface area contributed by atoms with Crippen LogP contribution in [-0.4, -0.2) is 66.3 Å². The van der Waals surface area contributed by atoms with Crippen molar-refractivity contribution >= 4 is 11.9 Å². The number of nitrogens with one attached hydrogen (secondary N) is 1. The molecular formula is C7H9N5O4. The summed E-state index contributed by atoms with van der Waals surface area (Å²) in [6.07, 6.45) is -0.823. The fourth-order valence-corrected chi connectivity index (χ4v) is 1.65. The van der Waals surface area contributed by atoms with Crippen molar-refractivity contribution < 1.29 is 19.8 Å². The summed E-state index contributed by atoms with van der Waals surface area (Å²) in [5, 5.41) is 30.5. The summed E-state index contributed by atoms with van der Waals surface area (Å²) in [5.41, 5.74) is 0. The van der Waals surface area contributed by atoms with Gasteiger partial charge in [-0.2, -0.15) is 5.21 Å². The van der Waals surface area contributed by atoms with Gasteiger partial charge in [0.25, 0.3) is 11.7 Å². The molecule has 1 saturated heterocycles. The average molecular weight is 227 g/mol. The maximum Gasteiger partial charge on any atom is 0.326 e. The highest BCUT2D eigenvalue weighted by Gasteiger charge is 2.40. The van der Waals surface area contributed by atoms with Gasteiger partial charge < -0.3 is 15.1 Å². The Hall–Kier alpha value is -2.03. The standard InChI is InChI=1S/C7H9N5O4/c13-3-1-4(7(15)16)12(2-3)6(14)5-8-10-11-9-5/h3-4,13H,1-2H2,(H,15,16)(H,8,9,10,11)/t3-,4-/m0/s1. The lowest BCUT2D eigenvalue weighted by atomic mass is 10.2. The number of aromatic nitrogens is 4. The second kappa shape index (κ2) is 3.85. The lowest BCUT2D eigenvalue weighted by Gasteiger charge is -2.18. The molecule has 0 bridgehead atoms. The fraction of sp³-hybridized carbons (Fsp3) is 0.571. The molecule has 0 spiro atoms. The van der Waals surface area contributed by atoms with E-state index in [0.717, 1.165) is 4.90 Å². The molecule has 1 aliphatic rings. The number of aliphatic carboxylic acids is 1. The van der Waals surface area contributed by atoms with Crippen LogP contribution in [-0.2, 0) is 4.79 Å². The van der Waals surface area contributed by atoms with Crippen LogP contribution in [0, 0.1) is 0 Å². The first-order valence-corrected chi connectivity index (χ1v) is 4.55. The summed E-state index contributed by atoms with van der Waals surface area (Å²) in [5.74, 6) is -2.02. The number of nitrogens with zero attached hydrogens (tertiary/aromatic N) is 4. The Balaban J connectivity index is 2.20. The highest BCUT2D eigenvalue weighted by atomic mass is 16.4. The van der Waals surface area contributed by atoms with Gasteiger partial charge in [0.1, 0.15) is 6.04 Å². The molecule has 2 heterocycles. The van der Waals surface area contributed by atoms with Crippen molar-refractivity contribution in [1.29, 1.82) is 0 Å². The first-order chi connectivity index (χ1) is 7.59. The smallest absolute Gasteiger partial charge is 0.326 e. The molecule has 0 aromatic carbocycles. The number of β-amino-alcohol motifs (C(OH)–C–C–N with tert-alkyl or cyclic N) is 1. The van der Waals surface area contributed by atoms with Gasteiger partial charge in [0.15, 0.2) is 0 Å². The topological polar surface area (TPSA) is 132 Å². The maximum absolute atomic E-state index is 11.7. The van der Waals surface area contributed by atoms with E-state index >= 15 is 0 Å². The fourth-order valence-electron chi connectivity index (χ4n) is 1.65. The molecule has 0 radical (unpaired) electrons. The summed E-state index contributed by atoms with van der Waals surface area (Å²) in [4.78, 5) is 23.6. The predicted molar refractivity (Wildman–Crippen MR) is 47.3 cm³/mol. The minimum atomic E-state index is -1.16. The van der Waals surface area contributed by atoms with Gasteiger partial charge in [0, 0.05) is 13.0 Å². The van der Waals surface area contributed by atoms with Crippen LogP contribution in [0.1, 0.15) is 17.0 Å². The number of hydrogen-bond donors (Lipinski definition) is 3. The lowest BCUT2D eigenvalue weighted by molar-refractivity contribution is -0.141. The van der Waals surface area contributed by atoms with Gasteiger partial charge >= 0.3 is 5.97 Å². The zero-order valence-electron chi connectivity index (χ0n) is 8.07. The van der Waals surface area contributed by atoms with Crippen molar-refractivity contribution in [2.24, 2.45) is 0 Å². The molecule has 9 nitrogen and oxygen atoms in total. The van der Waals surface area contributed by atoms with E-state index in [-0.39, 0.29) is 18.8 Å². The number of carbonyl (C=O) groups excluding carboxylic acids is 1. The molecule has 1 fully saturated rings. The van der Waals surface area contributed by atoms with Crippen LogP contribution in [0.25, 0.3) is 0 Å². The predicted octanol–water partition coefficient (Wildman–Crippen LogP) is -2.14. The SMILES string of the molecule is O=C(O)[C@@H]1C[C@H](O)CN1C(=O)c1nn[nH]n1. The molecule has 2 rings (SSSR count). The Morgan fingerprint density at radius 2 is 2.25 bits per heavy atom. The number of carbonyl (C=O) groups is 2. The van der Waals surface area contributed by atoms with E-state index in [9.17, 15) is 14.7 Å². The average Bonchev–Trinajstić information content (AvgIpc) is 2.84. The van der Waals surface area contributed by atoms with Gasteiger partial charge in [0.2, 0.25) is 0 Å². The molecule has 1 aliphatic heterocycles. The van der Waals surface area contributed by atoms with Crippen molar-refractivity contribution in [2.75, 3.05) is 6.54 Å². The maximum atomic E-state index is 11.7. The minimum Gasteiger partial charge on any atom is -0.480 e. The summed E-state index contributed by atoms with van der Waals surface area (Å²) in [6, 6.07) is -1.04. The Bertz CT molecular complexity index is 405. The van der Waals surface area contributed by atoms with E-state index in [1.54, 1.807) is 0 Å². The normalized spacial score (nSPS) is 24.7. The van der Waals surface area contributed by atoms with Gasteiger partial charge in [-0.15, -0.1) is 10.2 Å². The van der Waals surface area contributed by atoms with Crippen LogP contribution in [0.4, 0.5) is 0 Å².